The maximum atomic E-state index is 14.8. The van der Waals surface area contributed by atoms with Gasteiger partial charge in [0, 0.05) is 28.8 Å². The molecule has 4 aromatic rings. The lowest BCUT2D eigenvalue weighted by molar-refractivity contribution is 0.433. The summed E-state index contributed by atoms with van der Waals surface area (Å²) < 4.78 is 14.8. The van der Waals surface area contributed by atoms with Crippen LogP contribution in [-0.2, 0) is 0 Å². The predicted molar refractivity (Wildman–Crippen MR) is 123 cm³/mol. The first-order chi connectivity index (χ1) is 14.8. The molecule has 2 aromatic heterocycles. The Hall–Kier alpha value is -3.45. The number of benzene rings is 2. The maximum Gasteiger partial charge on any atom is 0.261 e. The van der Waals surface area contributed by atoms with Crippen molar-refractivity contribution in [2.75, 3.05) is 6.54 Å². The van der Waals surface area contributed by atoms with Gasteiger partial charge >= 0.3 is 0 Å². The molecule has 6 nitrogen and oxygen atoms in total. The number of fused-ring (bicyclic) bond motifs is 3. The second kappa shape index (κ2) is 8.73. The highest BCUT2D eigenvalue weighted by molar-refractivity contribution is 6.13. The lowest BCUT2D eigenvalue weighted by Crippen LogP contribution is -2.17. The Bertz CT molecular complexity index is 1370. The first-order valence-corrected chi connectivity index (χ1v) is 10.2. The van der Waals surface area contributed by atoms with Crippen LogP contribution in [-0.4, -0.2) is 21.6 Å². The molecule has 0 amide bonds. The number of hydrogen-bond acceptors (Lipinski definition) is 4. The van der Waals surface area contributed by atoms with Crippen LogP contribution in [0.4, 0.5) is 4.39 Å². The Labute approximate surface area is 178 Å². The van der Waals surface area contributed by atoms with E-state index >= 15 is 0 Å². The van der Waals surface area contributed by atoms with Crippen LogP contribution in [0.2, 0.25) is 0 Å². The number of aryl methyl sites for hydroxylation is 1. The highest BCUT2D eigenvalue weighted by Crippen LogP contribution is 2.41. The van der Waals surface area contributed by atoms with Crippen molar-refractivity contribution in [3.05, 3.63) is 74.0 Å². The van der Waals surface area contributed by atoms with Crippen LogP contribution in [0.15, 0.2) is 46.1 Å². The quantitative estimate of drug-likeness (QED) is 0.369. The molecule has 0 saturated carbocycles. The van der Waals surface area contributed by atoms with Gasteiger partial charge in [0.05, 0.1) is 11.0 Å². The zero-order valence-corrected chi connectivity index (χ0v) is 18.0. The fourth-order valence-electron chi connectivity index (χ4n) is 3.71. The predicted octanol–water partition coefficient (Wildman–Crippen LogP) is 4.28. The van der Waals surface area contributed by atoms with Gasteiger partial charge in [-0.15, -0.1) is 0 Å². The Morgan fingerprint density at radius 3 is 2.32 bits per heavy atom. The van der Waals surface area contributed by atoms with E-state index in [2.05, 4.69) is 9.97 Å². The smallest absolute Gasteiger partial charge is 0.261 e. The summed E-state index contributed by atoms with van der Waals surface area (Å²) in [4.78, 5) is 30.3. The molecular weight excluding hydrogens is 397 g/mol. The molecule has 0 bridgehead atoms. The minimum atomic E-state index is -0.819. The van der Waals surface area contributed by atoms with Crippen LogP contribution >= 0.6 is 0 Å². The van der Waals surface area contributed by atoms with Crippen molar-refractivity contribution in [3.8, 4) is 16.9 Å². The van der Waals surface area contributed by atoms with Crippen molar-refractivity contribution in [2.45, 2.75) is 33.6 Å². The summed E-state index contributed by atoms with van der Waals surface area (Å²) in [7, 11) is 0. The summed E-state index contributed by atoms with van der Waals surface area (Å²) in [6.45, 7) is 7.95. The lowest BCUT2D eigenvalue weighted by Gasteiger charge is -2.16. The van der Waals surface area contributed by atoms with Crippen molar-refractivity contribution in [2.24, 2.45) is 5.73 Å². The molecule has 0 aliphatic heterocycles. The first-order valence-electron chi connectivity index (χ1n) is 10.2. The summed E-state index contributed by atoms with van der Waals surface area (Å²) in [5.74, 6) is -1.20. The van der Waals surface area contributed by atoms with Gasteiger partial charge in [-0.25, -0.2) is 4.39 Å². The van der Waals surface area contributed by atoms with Gasteiger partial charge in [-0.1, -0.05) is 45.0 Å². The number of aromatic hydroxyl groups is 1. The Balaban J connectivity index is 0.00000132. The monoisotopic (exact) mass is 423 g/mol. The van der Waals surface area contributed by atoms with Crippen LogP contribution in [0.5, 0.6) is 5.75 Å². The second-order valence-electron chi connectivity index (χ2n) is 7.22. The van der Waals surface area contributed by atoms with Gasteiger partial charge < -0.3 is 20.8 Å². The molecule has 2 aromatic carbocycles. The summed E-state index contributed by atoms with van der Waals surface area (Å²) >= 11 is 0. The number of phenolic OH excluding ortho intramolecular Hbond substituents is 1. The summed E-state index contributed by atoms with van der Waals surface area (Å²) in [6, 6.07) is 8.52. The van der Waals surface area contributed by atoms with E-state index in [1.54, 1.807) is 12.1 Å². The van der Waals surface area contributed by atoms with Crippen LogP contribution < -0.4 is 16.7 Å². The van der Waals surface area contributed by atoms with Gasteiger partial charge in [-0.3, -0.25) is 9.59 Å². The van der Waals surface area contributed by atoms with E-state index in [-0.39, 0.29) is 33.5 Å². The fraction of sp³-hybridized carbons (Fsp3) is 0.250. The number of nitrogens with one attached hydrogen (secondary N) is 2. The number of halogens is 1. The summed E-state index contributed by atoms with van der Waals surface area (Å²) in [6.07, 6.45) is 1.43. The van der Waals surface area contributed by atoms with Gasteiger partial charge in [-0.2, -0.15) is 0 Å². The zero-order valence-electron chi connectivity index (χ0n) is 18.0. The van der Waals surface area contributed by atoms with Crippen LogP contribution in [0.25, 0.3) is 32.9 Å². The molecule has 0 saturated heterocycles. The number of aromatic nitrogens is 2. The van der Waals surface area contributed by atoms with Crippen molar-refractivity contribution < 1.29 is 9.50 Å². The van der Waals surface area contributed by atoms with E-state index < -0.39 is 22.6 Å². The normalized spacial score (nSPS) is 11.9. The molecule has 1 unspecified atom stereocenters. The zero-order chi connectivity index (χ0) is 22.9. The maximum absolute atomic E-state index is 14.8. The molecule has 7 heteroatoms. The van der Waals surface area contributed by atoms with Crippen LogP contribution in [0, 0.1) is 12.7 Å². The fourth-order valence-corrected chi connectivity index (χ4v) is 3.71. The average Bonchev–Trinajstić information content (AvgIpc) is 2.79. The van der Waals surface area contributed by atoms with E-state index in [1.807, 2.05) is 32.9 Å². The molecule has 5 N–H and O–H groups in total. The van der Waals surface area contributed by atoms with Crippen molar-refractivity contribution >= 4 is 21.8 Å². The van der Waals surface area contributed by atoms with E-state index in [1.165, 1.54) is 19.2 Å². The molecule has 0 aliphatic carbocycles. The third kappa shape index (κ3) is 3.61. The molecule has 0 fully saturated rings. The molecule has 0 aliphatic rings. The van der Waals surface area contributed by atoms with Gasteiger partial charge in [0.15, 0.2) is 17.0 Å². The summed E-state index contributed by atoms with van der Waals surface area (Å²) in [5.41, 5.74) is 7.01. The summed E-state index contributed by atoms with van der Waals surface area (Å²) in [5, 5.41) is 11.0. The van der Waals surface area contributed by atoms with E-state index in [0.717, 1.165) is 5.56 Å². The Morgan fingerprint density at radius 1 is 1.06 bits per heavy atom. The molecule has 2 heterocycles. The van der Waals surface area contributed by atoms with Gasteiger partial charge in [-0.05, 0) is 30.5 Å². The number of aromatic amines is 2. The SMILES string of the molecule is CC.Cc1c(F)c(O)c(-c2ccc(C(C)CN)cc2)c2c1[nH]c(=O)c1c(=O)cc[nH]c12. The largest absolute Gasteiger partial charge is 0.504 e. The van der Waals surface area contributed by atoms with Crippen LogP contribution in [0.3, 0.4) is 0 Å². The van der Waals surface area contributed by atoms with Crippen molar-refractivity contribution in [3.63, 3.8) is 0 Å². The molecule has 31 heavy (non-hydrogen) atoms. The van der Waals surface area contributed by atoms with E-state index in [9.17, 15) is 19.1 Å². The van der Waals surface area contributed by atoms with Crippen molar-refractivity contribution in [1.29, 1.82) is 0 Å². The first kappa shape index (κ1) is 22.2. The van der Waals surface area contributed by atoms with Gasteiger partial charge in [0.2, 0.25) is 0 Å². The highest BCUT2D eigenvalue weighted by Gasteiger charge is 2.22. The minimum Gasteiger partial charge on any atom is -0.504 e. The highest BCUT2D eigenvalue weighted by atomic mass is 19.1. The lowest BCUT2D eigenvalue weighted by atomic mass is 9.92. The molecule has 4 rings (SSSR count). The Kier molecular flexibility index (Phi) is 6.27. The van der Waals surface area contributed by atoms with Crippen molar-refractivity contribution in [1.82, 2.24) is 9.97 Å². The molecule has 162 valence electrons. The third-order valence-electron chi connectivity index (χ3n) is 5.45. The number of H-pyrrole nitrogens is 2. The number of phenols is 1. The molecule has 0 radical (unpaired) electrons. The minimum absolute atomic E-state index is 0.0694. The molecule has 0 spiro atoms. The average molecular weight is 423 g/mol. The number of hydrogen-bond donors (Lipinski definition) is 4. The number of pyridine rings is 2. The topological polar surface area (TPSA) is 112 Å². The standard InChI is InChI=1S/C22H20FN3O3.C2H6/c1-10(9-24)12-3-5-13(6-4-12)15-17-19(11(2)18(23)21(15)28)26-22(29)16-14(27)7-8-25-20(16)17;1-2/h3-8,10,28H,9,24H2,1-2H3,(H,25,27)(H,26,29);1-2H3. The number of nitrogens with two attached hydrogens (primary N) is 1. The van der Waals surface area contributed by atoms with E-state index in [4.69, 9.17) is 5.73 Å². The van der Waals surface area contributed by atoms with E-state index in [0.29, 0.717) is 17.5 Å². The third-order valence-corrected chi connectivity index (χ3v) is 5.45. The second-order valence-corrected chi connectivity index (χ2v) is 7.22. The Morgan fingerprint density at radius 2 is 1.71 bits per heavy atom. The number of rotatable bonds is 3. The van der Waals surface area contributed by atoms with Gasteiger partial charge in [0.25, 0.3) is 5.56 Å². The molecule has 1 atom stereocenters. The van der Waals surface area contributed by atoms with Gasteiger partial charge in [0.1, 0.15) is 5.39 Å². The molecular formula is C24H26FN3O3. The van der Waals surface area contributed by atoms with Crippen LogP contribution in [0.1, 0.15) is 37.8 Å².